The Morgan fingerprint density at radius 3 is 2.00 bits per heavy atom. The van der Waals surface area contributed by atoms with E-state index in [2.05, 4.69) is 23.1 Å². The van der Waals surface area contributed by atoms with Crippen molar-refractivity contribution in [1.82, 2.24) is 0 Å². The van der Waals surface area contributed by atoms with E-state index in [0.717, 1.165) is 5.66 Å². The van der Waals surface area contributed by atoms with E-state index in [1.165, 1.54) is 57.8 Å². The molecule has 0 N–H and O–H groups in total. The molecule has 0 fully saturated rings. The smallest absolute Gasteiger partial charge is 0.0264 e. The van der Waals surface area contributed by atoms with Crippen molar-refractivity contribution in [1.29, 1.82) is 0 Å². The van der Waals surface area contributed by atoms with Gasteiger partial charge in [-0.25, -0.2) is 0 Å². The lowest BCUT2D eigenvalue weighted by atomic mass is 10.1. The van der Waals surface area contributed by atoms with Crippen LogP contribution in [0.4, 0.5) is 0 Å². The molecule has 0 saturated carbocycles. The molecule has 13 heavy (non-hydrogen) atoms. The predicted octanol–water partition coefficient (Wildman–Crippen LogP) is 4.78. The molecule has 0 aromatic heterocycles. The van der Waals surface area contributed by atoms with Crippen LogP contribution in [0.15, 0.2) is 0 Å². The third-order valence-electron chi connectivity index (χ3n) is 2.59. The normalized spacial score (nSPS) is 13.2. The number of hydrogen-bond donors (Lipinski definition) is 0. The Hall–Kier alpha value is 0.430. The molecule has 2 atom stereocenters. The largest absolute Gasteiger partial charge is 0.134 e. The van der Waals surface area contributed by atoms with Gasteiger partial charge in [-0.05, 0) is 18.5 Å². The van der Waals surface area contributed by atoms with Crippen LogP contribution in [0.2, 0.25) is 0 Å². The third kappa shape index (κ3) is 10.4. The Balaban J connectivity index is 2.97. The Bertz CT molecular complexity index is 91.1. The van der Waals surface area contributed by atoms with Crippen LogP contribution in [0, 0.1) is 0 Å². The molecular formula is C12H27P. The van der Waals surface area contributed by atoms with Crippen LogP contribution < -0.4 is 0 Å². The van der Waals surface area contributed by atoms with E-state index in [0.29, 0.717) is 0 Å². The standard InChI is InChI=1S/C12H27P/c1-3-5-6-7-8-9-11-12(13)10-4-2/h12H,3-11,13H2,1-2H3. The molecular weight excluding hydrogens is 175 g/mol. The van der Waals surface area contributed by atoms with Crippen molar-refractivity contribution >= 4 is 9.24 Å². The maximum absolute atomic E-state index is 2.99. The Morgan fingerprint density at radius 2 is 1.38 bits per heavy atom. The lowest BCUT2D eigenvalue weighted by molar-refractivity contribution is 0.569. The highest BCUT2D eigenvalue weighted by atomic mass is 31.0. The van der Waals surface area contributed by atoms with Crippen LogP contribution in [-0.2, 0) is 0 Å². The van der Waals surface area contributed by atoms with Crippen molar-refractivity contribution in [3.8, 4) is 0 Å². The topological polar surface area (TPSA) is 0 Å². The third-order valence-corrected chi connectivity index (χ3v) is 3.25. The van der Waals surface area contributed by atoms with Crippen molar-refractivity contribution in [2.75, 3.05) is 0 Å². The number of rotatable bonds is 9. The highest BCUT2D eigenvalue weighted by Gasteiger charge is 1.99. The quantitative estimate of drug-likeness (QED) is 0.373. The fourth-order valence-electron chi connectivity index (χ4n) is 1.70. The monoisotopic (exact) mass is 202 g/mol. The summed E-state index contributed by atoms with van der Waals surface area (Å²) >= 11 is 0. The first kappa shape index (κ1) is 13.4. The fraction of sp³-hybridized carbons (Fsp3) is 1.00. The highest BCUT2D eigenvalue weighted by molar-refractivity contribution is 7.17. The van der Waals surface area contributed by atoms with E-state index in [1.54, 1.807) is 0 Å². The zero-order chi connectivity index (χ0) is 9.94. The van der Waals surface area contributed by atoms with E-state index >= 15 is 0 Å². The molecule has 0 bridgehead atoms. The van der Waals surface area contributed by atoms with E-state index < -0.39 is 0 Å². The zero-order valence-electron chi connectivity index (χ0n) is 9.52. The van der Waals surface area contributed by atoms with Crippen molar-refractivity contribution in [3.63, 3.8) is 0 Å². The maximum atomic E-state index is 2.99. The molecule has 0 amide bonds. The SMILES string of the molecule is CCCCCCCCC(P)CCC. The second-order valence-electron chi connectivity index (χ2n) is 4.11. The van der Waals surface area contributed by atoms with Crippen LogP contribution in [0.1, 0.15) is 71.6 Å². The highest BCUT2D eigenvalue weighted by Crippen LogP contribution is 2.17. The minimum atomic E-state index is 0.885. The van der Waals surface area contributed by atoms with Gasteiger partial charge < -0.3 is 0 Å². The van der Waals surface area contributed by atoms with Crippen LogP contribution in [-0.4, -0.2) is 5.66 Å². The molecule has 80 valence electrons. The molecule has 1 heteroatoms. The van der Waals surface area contributed by atoms with Gasteiger partial charge in [0.2, 0.25) is 0 Å². The lowest BCUT2D eigenvalue weighted by Crippen LogP contribution is -1.96. The molecule has 0 saturated heterocycles. The van der Waals surface area contributed by atoms with Crippen molar-refractivity contribution in [3.05, 3.63) is 0 Å². The average molecular weight is 202 g/mol. The maximum Gasteiger partial charge on any atom is -0.0264 e. The molecule has 0 radical (unpaired) electrons. The van der Waals surface area contributed by atoms with Crippen LogP contribution in [0.25, 0.3) is 0 Å². The predicted molar refractivity (Wildman–Crippen MR) is 66.4 cm³/mol. The first-order valence-corrected chi connectivity index (χ1v) is 6.73. The molecule has 0 aromatic carbocycles. The molecule has 0 rings (SSSR count). The summed E-state index contributed by atoms with van der Waals surface area (Å²) in [6, 6.07) is 0. The van der Waals surface area contributed by atoms with Crippen molar-refractivity contribution in [2.45, 2.75) is 77.3 Å². The van der Waals surface area contributed by atoms with Gasteiger partial charge in [0.25, 0.3) is 0 Å². The van der Waals surface area contributed by atoms with Gasteiger partial charge in [0.15, 0.2) is 0 Å². The minimum Gasteiger partial charge on any atom is -0.134 e. The van der Waals surface area contributed by atoms with Crippen molar-refractivity contribution < 1.29 is 0 Å². The van der Waals surface area contributed by atoms with Gasteiger partial charge in [-0.15, -0.1) is 9.24 Å². The van der Waals surface area contributed by atoms with Gasteiger partial charge in [0, 0.05) is 0 Å². The molecule has 0 heterocycles. The molecule has 0 aliphatic heterocycles. The molecule has 0 aliphatic carbocycles. The van der Waals surface area contributed by atoms with E-state index in [-0.39, 0.29) is 0 Å². The Labute approximate surface area is 87.1 Å². The second kappa shape index (κ2) is 10.5. The summed E-state index contributed by atoms with van der Waals surface area (Å²) in [5.74, 6) is 0. The summed E-state index contributed by atoms with van der Waals surface area (Å²) in [7, 11) is 2.99. The molecule has 0 nitrogen and oxygen atoms in total. The van der Waals surface area contributed by atoms with Gasteiger partial charge in [0.1, 0.15) is 0 Å². The molecule has 0 spiro atoms. The summed E-state index contributed by atoms with van der Waals surface area (Å²) in [6.45, 7) is 4.55. The van der Waals surface area contributed by atoms with Gasteiger partial charge in [-0.3, -0.25) is 0 Å². The number of unbranched alkanes of at least 4 members (excludes halogenated alkanes) is 5. The summed E-state index contributed by atoms with van der Waals surface area (Å²) in [5, 5.41) is 0. The second-order valence-corrected chi connectivity index (χ2v) is 5.05. The summed E-state index contributed by atoms with van der Waals surface area (Å²) < 4.78 is 0. The lowest BCUT2D eigenvalue weighted by Gasteiger charge is -2.08. The van der Waals surface area contributed by atoms with E-state index in [1.807, 2.05) is 0 Å². The minimum absolute atomic E-state index is 0.885. The van der Waals surface area contributed by atoms with E-state index in [4.69, 9.17) is 0 Å². The molecule has 2 unspecified atom stereocenters. The summed E-state index contributed by atoms with van der Waals surface area (Å²) in [5.41, 5.74) is 0.885. The van der Waals surface area contributed by atoms with Crippen LogP contribution in [0.5, 0.6) is 0 Å². The molecule has 0 aromatic rings. The summed E-state index contributed by atoms with van der Waals surface area (Å²) in [4.78, 5) is 0. The first-order valence-electron chi connectivity index (χ1n) is 6.06. The first-order chi connectivity index (χ1) is 6.31. The average Bonchev–Trinajstić information content (AvgIpc) is 2.11. The van der Waals surface area contributed by atoms with Crippen LogP contribution in [0.3, 0.4) is 0 Å². The number of hydrogen-bond acceptors (Lipinski definition) is 0. The van der Waals surface area contributed by atoms with Gasteiger partial charge in [0.05, 0.1) is 0 Å². The van der Waals surface area contributed by atoms with Crippen LogP contribution >= 0.6 is 9.24 Å². The Kier molecular flexibility index (Phi) is 10.9. The molecule has 0 aliphatic rings. The van der Waals surface area contributed by atoms with E-state index in [9.17, 15) is 0 Å². The van der Waals surface area contributed by atoms with Crippen molar-refractivity contribution in [2.24, 2.45) is 0 Å². The van der Waals surface area contributed by atoms with Gasteiger partial charge in [-0.1, -0.05) is 58.8 Å². The fourth-order valence-corrected chi connectivity index (χ4v) is 2.27. The summed E-state index contributed by atoms with van der Waals surface area (Å²) in [6.07, 6.45) is 12.7. The van der Waals surface area contributed by atoms with Gasteiger partial charge in [-0.2, -0.15) is 0 Å². The Morgan fingerprint density at radius 1 is 0.769 bits per heavy atom. The van der Waals surface area contributed by atoms with Gasteiger partial charge >= 0.3 is 0 Å². The zero-order valence-corrected chi connectivity index (χ0v) is 10.7.